The Hall–Kier alpha value is -3.49. The van der Waals surface area contributed by atoms with Crippen LogP contribution in [0.3, 0.4) is 0 Å². The number of nitrogens with one attached hydrogen (secondary N) is 1. The van der Waals surface area contributed by atoms with Gasteiger partial charge in [-0.15, -0.1) is 0 Å². The molecule has 0 spiro atoms. The van der Waals surface area contributed by atoms with Crippen molar-refractivity contribution < 1.29 is 14.0 Å². The molecular weight excluding hydrogens is 457 g/mol. The van der Waals surface area contributed by atoms with Gasteiger partial charge in [0.25, 0.3) is 11.8 Å². The van der Waals surface area contributed by atoms with Gasteiger partial charge in [0.2, 0.25) is 0 Å². The van der Waals surface area contributed by atoms with Gasteiger partial charge in [0.1, 0.15) is 5.82 Å². The lowest BCUT2D eigenvalue weighted by atomic mass is 10.1. The first-order chi connectivity index (χ1) is 16.2. The predicted octanol–water partition coefficient (Wildman–Crippen LogP) is 4.05. The number of likely N-dealkylation sites (tertiary alicyclic amines) is 1. The summed E-state index contributed by atoms with van der Waals surface area (Å²) in [5, 5.41) is 0.706. The molecule has 0 bridgehead atoms. The molecule has 7 nitrogen and oxygen atoms in total. The number of aromatic amines is 1. The first kappa shape index (κ1) is 22.3. The van der Waals surface area contributed by atoms with Gasteiger partial charge in [-0.3, -0.25) is 9.59 Å². The number of hydrogen-bond acceptors (Lipinski definition) is 4. The van der Waals surface area contributed by atoms with Crippen LogP contribution in [0.2, 0.25) is 5.02 Å². The molecular formula is C25H23ClFN5O2. The molecule has 0 saturated carbocycles. The topological polar surface area (TPSA) is 95.3 Å². The second-order valence-corrected chi connectivity index (χ2v) is 9.22. The van der Waals surface area contributed by atoms with E-state index < -0.39 is 11.7 Å². The van der Waals surface area contributed by atoms with Crippen molar-refractivity contribution in [3.63, 3.8) is 0 Å². The van der Waals surface area contributed by atoms with Crippen LogP contribution in [0.4, 0.5) is 4.39 Å². The third-order valence-electron chi connectivity index (χ3n) is 6.46. The van der Waals surface area contributed by atoms with E-state index in [1.54, 1.807) is 24.3 Å². The number of benzene rings is 2. The van der Waals surface area contributed by atoms with E-state index in [0.717, 1.165) is 11.8 Å². The standard InChI is InChI=1S/C25H23ClFN5O2/c1-31(2)15-7-8-32(12-15)25(34)14-3-5-16-21(10-14)30-23-17(24(28)33)11-20(29-22(16)23)13-4-6-19(27)18(26)9-13/h3-6,9-11,15,30H,7-8,12H2,1-2H3,(H2,28,33). The Morgan fingerprint density at radius 3 is 2.68 bits per heavy atom. The highest BCUT2D eigenvalue weighted by Gasteiger charge is 2.28. The molecule has 4 aromatic rings. The highest BCUT2D eigenvalue weighted by molar-refractivity contribution is 6.31. The maximum atomic E-state index is 13.6. The number of H-pyrrole nitrogens is 1. The molecule has 1 aliphatic rings. The fraction of sp³-hybridized carbons (Fsp3) is 0.240. The lowest BCUT2D eigenvalue weighted by Crippen LogP contribution is -2.34. The number of nitrogens with zero attached hydrogens (tertiary/aromatic N) is 3. The number of amides is 2. The van der Waals surface area contributed by atoms with Gasteiger partial charge in [-0.1, -0.05) is 11.6 Å². The third-order valence-corrected chi connectivity index (χ3v) is 6.75. The molecule has 34 heavy (non-hydrogen) atoms. The fourth-order valence-electron chi connectivity index (χ4n) is 4.52. The number of aromatic nitrogens is 2. The molecule has 3 N–H and O–H groups in total. The van der Waals surface area contributed by atoms with Crippen molar-refractivity contribution in [3.8, 4) is 11.3 Å². The minimum absolute atomic E-state index is 0.0327. The van der Waals surface area contributed by atoms with Crippen molar-refractivity contribution >= 4 is 45.4 Å². The molecule has 2 amide bonds. The van der Waals surface area contributed by atoms with Crippen LogP contribution in [0.25, 0.3) is 33.2 Å². The van der Waals surface area contributed by atoms with E-state index in [9.17, 15) is 14.0 Å². The maximum Gasteiger partial charge on any atom is 0.253 e. The van der Waals surface area contributed by atoms with Gasteiger partial charge < -0.3 is 20.5 Å². The molecule has 1 unspecified atom stereocenters. The van der Waals surface area contributed by atoms with Gasteiger partial charge in [-0.25, -0.2) is 9.37 Å². The van der Waals surface area contributed by atoms with Crippen molar-refractivity contribution in [3.05, 3.63) is 64.4 Å². The predicted molar refractivity (Wildman–Crippen MR) is 131 cm³/mol. The average molecular weight is 480 g/mol. The van der Waals surface area contributed by atoms with E-state index in [1.165, 1.54) is 12.1 Å². The molecule has 1 aliphatic heterocycles. The summed E-state index contributed by atoms with van der Waals surface area (Å²) in [5.74, 6) is -1.20. The molecule has 2 aromatic heterocycles. The number of rotatable bonds is 4. The van der Waals surface area contributed by atoms with Gasteiger partial charge in [0, 0.05) is 41.2 Å². The smallest absolute Gasteiger partial charge is 0.253 e. The second kappa shape index (κ2) is 8.38. The van der Waals surface area contributed by atoms with Crippen LogP contribution in [0.15, 0.2) is 42.5 Å². The van der Waals surface area contributed by atoms with Crippen LogP contribution in [0.1, 0.15) is 27.1 Å². The molecule has 3 heterocycles. The van der Waals surface area contributed by atoms with E-state index in [-0.39, 0.29) is 16.5 Å². The molecule has 2 aromatic carbocycles. The summed E-state index contributed by atoms with van der Waals surface area (Å²) in [6.07, 6.45) is 0.940. The number of nitrogens with two attached hydrogens (primary N) is 1. The number of carbonyl (C=O) groups is 2. The minimum atomic E-state index is -0.628. The zero-order valence-corrected chi connectivity index (χ0v) is 19.5. The van der Waals surface area contributed by atoms with Gasteiger partial charge >= 0.3 is 0 Å². The summed E-state index contributed by atoms with van der Waals surface area (Å²) >= 11 is 5.95. The summed E-state index contributed by atoms with van der Waals surface area (Å²) in [6, 6.07) is 11.5. The Morgan fingerprint density at radius 2 is 2.00 bits per heavy atom. The van der Waals surface area contributed by atoms with Crippen molar-refractivity contribution in [1.82, 2.24) is 19.8 Å². The first-order valence-corrected chi connectivity index (χ1v) is 11.3. The highest BCUT2D eigenvalue weighted by Crippen LogP contribution is 2.32. The quantitative estimate of drug-likeness (QED) is 0.461. The lowest BCUT2D eigenvalue weighted by molar-refractivity contribution is 0.0783. The van der Waals surface area contributed by atoms with Crippen LogP contribution >= 0.6 is 11.6 Å². The number of primary amides is 1. The number of likely N-dealkylation sites (N-methyl/N-ethyl adjacent to an activating group) is 1. The van der Waals surface area contributed by atoms with E-state index in [2.05, 4.69) is 9.88 Å². The van der Waals surface area contributed by atoms with Crippen LogP contribution in [-0.4, -0.2) is 64.8 Å². The molecule has 174 valence electrons. The Morgan fingerprint density at radius 1 is 1.21 bits per heavy atom. The van der Waals surface area contributed by atoms with E-state index in [0.29, 0.717) is 52.5 Å². The normalized spacial score (nSPS) is 16.1. The van der Waals surface area contributed by atoms with Gasteiger partial charge in [0.05, 0.1) is 27.3 Å². The SMILES string of the molecule is CN(C)C1CCN(C(=O)c2ccc3c(c2)[nH]c2c(C(N)=O)cc(-c4ccc(F)c(Cl)c4)nc23)C1. The first-order valence-electron chi connectivity index (χ1n) is 10.9. The third kappa shape index (κ3) is 3.78. The second-order valence-electron chi connectivity index (χ2n) is 8.81. The Labute approximate surface area is 200 Å². The van der Waals surface area contributed by atoms with Gasteiger partial charge in [-0.05, 0) is 63.0 Å². The Balaban J connectivity index is 1.59. The summed E-state index contributed by atoms with van der Waals surface area (Å²) < 4.78 is 13.6. The highest BCUT2D eigenvalue weighted by atomic mass is 35.5. The van der Waals surface area contributed by atoms with Crippen LogP contribution < -0.4 is 5.73 Å². The van der Waals surface area contributed by atoms with Crippen LogP contribution in [0, 0.1) is 5.82 Å². The minimum Gasteiger partial charge on any atom is -0.366 e. The summed E-state index contributed by atoms with van der Waals surface area (Å²) in [5.41, 5.74) is 9.16. The Kier molecular flexibility index (Phi) is 5.50. The lowest BCUT2D eigenvalue weighted by Gasteiger charge is -2.20. The summed E-state index contributed by atoms with van der Waals surface area (Å²) in [6.45, 7) is 1.40. The molecule has 5 rings (SSSR count). The number of pyridine rings is 1. The van der Waals surface area contributed by atoms with Crippen LogP contribution in [-0.2, 0) is 0 Å². The zero-order chi connectivity index (χ0) is 24.1. The molecule has 0 aliphatic carbocycles. The Bertz CT molecular complexity index is 1460. The van der Waals surface area contributed by atoms with Crippen LogP contribution in [0.5, 0.6) is 0 Å². The van der Waals surface area contributed by atoms with Gasteiger partial charge in [-0.2, -0.15) is 0 Å². The number of fused-ring (bicyclic) bond motifs is 3. The van der Waals surface area contributed by atoms with E-state index in [4.69, 9.17) is 22.3 Å². The molecule has 1 atom stereocenters. The molecule has 1 saturated heterocycles. The number of halogens is 2. The number of carbonyl (C=O) groups excluding carboxylic acids is 2. The monoisotopic (exact) mass is 479 g/mol. The number of hydrogen-bond donors (Lipinski definition) is 2. The van der Waals surface area contributed by atoms with Crippen molar-refractivity contribution in [2.45, 2.75) is 12.5 Å². The largest absolute Gasteiger partial charge is 0.366 e. The molecule has 1 fully saturated rings. The van der Waals surface area contributed by atoms with Gasteiger partial charge in [0.15, 0.2) is 0 Å². The molecule has 9 heteroatoms. The zero-order valence-electron chi connectivity index (χ0n) is 18.7. The average Bonchev–Trinajstić information content (AvgIpc) is 3.44. The van der Waals surface area contributed by atoms with Crippen molar-refractivity contribution in [2.75, 3.05) is 27.2 Å². The maximum absolute atomic E-state index is 13.6. The fourth-order valence-corrected chi connectivity index (χ4v) is 4.70. The molecule has 0 radical (unpaired) electrons. The van der Waals surface area contributed by atoms with Crippen molar-refractivity contribution in [2.24, 2.45) is 5.73 Å². The van der Waals surface area contributed by atoms with E-state index >= 15 is 0 Å². The summed E-state index contributed by atoms with van der Waals surface area (Å²) in [7, 11) is 4.04. The van der Waals surface area contributed by atoms with E-state index in [1.807, 2.05) is 25.1 Å². The van der Waals surface area contributed by atoms with Crippen molar-refractivity contribution in [1.29, 1.82) is 0 Å². The summed E-state index contributed by atoms with van der Waals surface area (Å²) in [4.78, 5) is 37.3.